The standard InChI is InChI=1S/C24H26ClN5O2/c25-21-8-3-1-6-19(21)18-32-22-9-4-2-7-20(22)23(31)26-12-13-29-14-16-30(17-15-29)24-27-10-5-11-28-24/h1-11H,12-18H2,(H,26,31). The number of hydrogen-bond donors (Lipinski definition) is 1. The number of halogens is 1. The van der Waals surface area contributed by atoms with Gasteiger partial charge in [0.1, 0.15) is 12.4 Å². The number of benzene rings is 2. The minimum absolute atomic E-state index is 0.143. The summed E-state index contributed by atoms with van der Waals surface area (Å²) < 4.78 is 5.90. The summed E-state index contributed by atoms with van der Waals surface area (Å²) in [6, 6.07) is 16.6. The molecule has 8 heteroatoms. The predicted octanol–water partition coefficient (Wildman–Crippen LogP) is 3.26. The molecule has 0 atom stereocenters. The molecule has 1 aromatic heterocycles. The number of aromatic nitrogens is 2. The van der Waals surface area contributed by atoms with Crippen LogP contribution in [0.5, 0.6) is 5.75 Å². The maximum atomic E-state index is 12.8. The van der Waals surface area contributed by atoms with E-state index < -0.39 is 0 Å². The lowest BCUT2D eigenvalue weighted by molar-refractivity contribution is 0.0943. The number of ether oxygens (including phenoxy) is 1. The van der Waals surface area contributed by atoms with Gasteiger partial charge < -0.3 is 15.0 Å². The number of carbonyl (C=O) groups excluding carboxylic acids is 1. The first-order valence-electron chi connectivity index (χ1n) is 10.7. The van der Waals surface area contributed by atoms with Crippen molar-refractivity contribution in [2.45, 2.75) is 6.61 Å². The molecular weight excluding hydrogens is 426 g/mol. The molecule has 0 aliphatic carbocycles. The molecule has 7 nitrogen and oxygen atoms in total. The number of nitrogens with one attached hydrogen (secondary N) is 1. The van der Waals surface area contributed by atoms with Crippen molar-refractivity contribution in [1.82, 2.24) is 20.2 Å². The highest BCUT2D eigenvalue weighted by molar-refractivity contribution is 6.31. The van der Waals surface area contributed by atoms with Gasteiger partial charge in [0.2, 0.25) is 5.95 Å². The number of rotatable bonds is 8. The number of amides is 1. The third-order valence-electron chi connectivity index (χ3n) is 5.39. The highest BCUT2D eigenvalue weighted by atomic mass is 35.5. The topological polar surface area (TPSA) is 70.6 Å². The van der Waals surface area contributed by atoms with Crippen LogP contribution < -0.4 is 15.0 Å². The number of nitrogens with zero attached hydrogens (tertiary/aromatic N) is 4. The Hall–Kier alpha value is -3.16. The first-order valence-corrected chi connectivity index (χ1v) is 11.1. The number of para-hydroxylation sites is 1. The quantitative estimate of drug-likeness (QED) is 0.567. The van der Waals surface area contributed by atoms with E-state index in [0.29, 0.717) is 29.5 Å². The molecule has 0 saturated carbocycles. The normalized spacial score (nSPS) is 14.2. The third kappa shape index (κ3) is 5.75. The van der Waals surface area contributed by atoms with Crippen molar-refractivity contribution in [3.63, 3.8) is 0 Å². The minimum Gasteiger partial charge on any atom is -0.488 e. The van der Waals surface area contributed by atoms with E-state index in [-0.39, 0.29) is 5.91 Å². The van der Waals surface area contributed by atoms with E-state index in [0.717, 1.165) is 44.2 Å². The van der Waals surface area contributed by atoms with Gasteiger partial charge in [0.25, 0.3) is 5.91 Å². The average Bonchev–Trinajstić information content (AvgIpc) is 2.85. The van der Waals surface area contributed by atoms with Crippen LogP contribution in [0.4, 0.5) is 5.95 Å². The van der Waals surface area contributed by atoms with Gasteiger partial charge in [-0.2, -0.15) is 0 Å². The second kappa shape index (κ2) is 10.9. The molecule has 2 aromatic carbocycles. The van der Waals surface area contributed by atoms with E-state index in [1.54, 1.807) is 24.5 Å². The van der Waals surface area contributed by atoms with E-state index in [9.17, 15) is 4.79 Å². The number of carbonyl (C=O) groups is 1. The van der Waals surface area contributed by atoms with Crippen molar-refractivity contribution in [1.29, 1.82) is 0 Å². The molecule has 32 heavy (non-hydrogen) atoms. The summed E-state index contributed by atoms with van der Waals surface area (Å²) in [6.07, 6.45) is 3.53. The fourth-order valence-electron chi connectivity index (χ4n) is 3.60. The molecule has 0 unspecified atom stereocenters. The molecule has 3 aromatic rings. The lowest BCUT2D eigenvalue weighted by Gasteiger charge is -2.34. The van der Waals surface area contributed by atoms with Crippen LogP contribution in [-0.2, 0) is 6.61 Å². The summed E-state index contributed by atoms with van der Waals surface area (Å²) in [5.41, 5.74) is 1.40. The fraction of sp³-hybridized carbons (Fsp3) is 0.292. The van der Waals surface area contributed by atoms with Gasteiger partial charge in [-0.05, 0) is 24.3 Å². The molecule has 1 aliphatic rings. The average molecular weight is 452 g/mol. The summed E-state index contributed by atoms with van der Waals surface area (Å²) in [7, 11) is 0. The van der Waals surface area contributed by atoms with Crippen LogP contribution in [0.1, 0.15) is 15.9 Å². The Balaban J connectivity index is 1.25. The zero-order chi connectivity index (χ0) is 22.2. The molecule has 0 spiro atoms. The molecule has 166 valence electrons. The molecule has 2 heterocycles. The van der Waals surface area contributed by atoms with E-state index in [1.165, 1.54) is 0 Å². The molecule has 1 aliphatic heterocycles. The van der Waals surface area contributed by atoms with Crippen LogP contribution in [0.15, 0.2) is 67.0 Å². The van der Waals surface area contributed by atoms with Crippen LogP contribution in [0, 0.1) is 0 Å². The SMILES string of the molecule is O=C(NCCN1CCN(c2ncccn2)CC1)c1ccccc1OCc1ccccc1Cl. The number of piperazine rings is 1. The highest BCUT2D eigenvalue weighted by Gasteiger charge is 2.19. The maximum absolute atomic E-state index is 12.8. The molecule has 0 radical (unpaired) electrons. The summed E-state index contributed by atoms with van der Waals surface area (Å²) in [6.45, 7) is 5.22. The van der Waals surface area contributed by atoms with Crippen LogP contribution in [0.25, 0.3) is 0 Å². The Morgan fingerprint density at radius 2 is 1.69 bits per heavy atom. The van der Waals surface area contributed by atoms with Crippen LogP contribution in [0.3, 0.4) is 0 Å². The maximum Gasteiger partial charge on any atom is 0.255 e. The lowest BCUT2D eigenvalue weighted by Crippen LogP contribution is -2.49. The second-order valence-corrected chi connectivity index (χ2v) is 7.92. The van der Waals surface area contributed by atoms with Crippen molar-refractivity contribution in [2.75, 3.05) is 44.2 Å². The molecule has 1 amide bonds. The van der Waals surface area contributed by atoms with Gasteiger partial charge in [0.05, 0.1) is 5.56 Å². The zero-order valence-electron chi connectivity index (χ0n) is 17.8. The van der Waals surface area contributed by atoms with Crippen LogP contribution in [0.2, 0.25) is 5.02 Å². The van der Waals surface area contributed by atoms with Gasteiger partial charge in [0.15, 0.2) is 0 Å². The van der Waals surface area contributed by atoms with E-state index in [4.69, 9.17) is 16.3 Å². The molecule has 1 saturated heterocycles. The van der Waals surface area contributed by atoms with Crippen molar-refractivity contribution in [2.24, 2.45) is 0 Å². The monoisotopic (exact) mass is 451 g/mol. The van der Waals surface area contributed by atoms with Crippen molar-refractivity contribution < 1.29 is 9.53 Å². The Kier molecular flexibility index (Phi) is 7.53. The van der Waals surface area contributed by atoms with E-state index in [2.05, 4.69) is 25.1 Å². The van der Waals surface area contributed by atoms with Gasteiger partial charge in [-0.3, -0.25) is 9.69 Å². The molecule has 1 N–H and O–H groups in total. The van der Waals surface area contributed by atoms with Crippen molar-refractivity contribution >= 4 is 23.5 Å². The fourth-order valence-corrected chi connectivity index (χ4v) is 3.79. The van der Waals surface area contributed by atoms with Crippen LogP contribution in [-0.4, -0.2) is 60.0 Å². The Labute approximate surface area is 193 Å². The summed E-state index contributed by atoms with van der Waals surface area (Å²) >= 11 is 6.21. The largest absolute Gasteiger partial charge is 0.488 e. The lowest BCUT2D eigenvalue weighted by atomic mass is 10.2. The van der Waals surface area contributed by atoms with E-state index in [1.807, 2.05) is 42.5 Å². The van der Waals surface area contributed by atoms with Gasteiger partial charge in [-0.1, -0.05) is 41.9 Å². The molecule has 4 rings (SSSR count). The predicted molar refractivity (Wildman–Crippen MR) is 125 cm³/mol. The summed E-state index contributed by atoms with van der Waals surface area (Å²) in [5, 5.41) is 3.66. The number of hydrogen-bond acceptors (Lipinski definition) is 6. The van der Waals surface area contributed by atoms with Gasteiger partial charge in [0, 0.05) is 62.2 Å². The first kappa shape index (κ1) is 22.0. The summed E-state index contributed by atoms with van der Waals surface area (Å²) in [5.74, 6) is 1.17. The third-order valence-corrected chi connectivity index (χ3v) is 5.76. The van der Waals surface area contributed by atoms with Gasteiger partial charge in [-0.15, -0.1) is 0 Å². The Morgan fingerprint density at radius 3 is 2.47 bits per heavy atom. The Bertz CT molecular complexity index is 1030. The van der Waals surface area contributed by atoms with Crippen molar-refractivity contribution in [3.05, 3.63) is 83.1 Å². The van der Waals surface area contributed by atoms with E-state index >= 15 is 0 Å². The summed E-state index contributed by atoms with van der Waals surface area (Å²) in [4.78, 5) is 25.9. The minimum atomic E-state index is -0.143. The van der Waals surface area contributed by atoms with Gasteiger partial charge >= 0.3 is 0 Å². The number of anilines is 1. The second-order valence-electron chi connectivity index (χ2n) is 7.51. The van der Waals surface area contributed by atoms with Crippen molar-refractivity contribution in [3.8, 4) is 5.75 Å². The zero-order valence-corrected chi connectivity index (χ0v) is 18.5. The van der Waals surface area contributed by atoms with Crippen LogP contribution >= 0.6 is 11.6 Å². The molecule has 1 fully saturated rings. The highest BCUT2D eigenvalue weighted by Crippen LogP contribution is 2.22. The van der Waals surface area contributed by atoms with Gasteiger partial charge in [-0.25, -0.2) is 9.97 Å². The first-order chi connectivity index (χ1) is 15.7. The smallest absolute Gasteiger partial charge is 0.255 e. The Morgan fingerprint density at radius 1 is 0.969 bits per heavy atom. The molecular formula is C24H26ClN5O2. The molecule has 0 bridgehead atoms.